The summed E-state index contributed by atoms with van der Waals surface area (Å²) in [6.07, 6.45) is 0. The molecule has 0 saturated carbocycles. The molecule has 0 radical (unpaired) electrons. The van der Waals surface area contributed by atoms with Gasteiger partial charge >= 0.3 is 0 Å². The molecule has 0 aromatic heterocycles. The van der Waals surface area contributed by atoms with Gasteiger partial charge in [-0.05, 0) is 36.1 Å². The Kier molecular flexibility index (Phi) is 4.37. The molecule has 1 N–H and O–H groups in total. The first-order valence-electron chi connectivity index (χ1n) is 7.79. The lowest BCUT2D eigenvalue weighted by molar-refractivity contribution is 0.193. The predicted octanol–water partition coefficient (Wildman–Crippen LogP) is 3.45. The molecule has 0 aliphatic carbocycles. The zero-order chi connectivity index (χ0) is 14.7. The van der Waals surface area contributed by atoms with Crippen LogP contribution in [0.3, 0.4) is 0 Å². The Morgan fingerprint density at radius 1 is 1.05 bits per heavy atom. The van der Waals surface area contributed by atoms with Gasteiger partial charge in [0, 0.05) is 32.2 Å². The maximum absolute atomic E-state index is 3.63. The van der Waals surface area contributed by atoms with Gasteiger partial charge in [0.1, 0.15) is 0 Å². The molecular formula is C19H24N2. The van der Waals surface area contributed by atoms with Crippen molar-refractivity contribution in [2.45, 2.75) is 26.4 Å². The molecule has 2 aromatic rings. The summed E-state index contributed by atoms with van der Waals surface area (Å²) in [6.45, 7) is 8.68. The van der Waals surface area contributed by atoms with E-state index in [2.05, 4.69) is 72.6 Å². The molecule has 1 saturated heterocycles. The summed E-state index contributed by atoms with van der Waals surface area (Å²) in [7, 11) is 0. The summed E-state index contributed by atoms with van der Waals surface area (Å²) in [5.41, 5.74) is 5.58. The van der Waals surface area contributed by atoms with Crippen molar-refractivity contribution in [3.63, 3.8) is 0 Å². The molecule has 1 aliphatic heterocycles. The van der Waals surface area contributed by atoms with E-state index >= 15 is 0 Å². The van der Waals surface area contributed by atoms with Crippen molar-refractivity contribution in [2.24, 2.45) is 0 Å². The van der Waals surface area contributed by atoms with E-state index in [4.69, 9.17) is 0 Å². The molecule has 2 aromatic carbocycles. The van der Waals surface area contributed by atoms with Gasteiger partial charge in [0.05, 0.1) is 0 Å². The van der Waals surface area contributed by atoms with Crippen LogP contribution in [0.25, 0.3) is 0 Å². The van der Waals surface area contributed by atoms with Crippen LogP contribution in [-0.4, -0.2) is 24.5 Å². The minimum absolute atomic E-state index is 0.450. The van der Waals surface area contributed by atoms with Gasteiger partial charge in [-0.3, -0.25) is 4.90 Å². The number of hydrogen-bond acceptors (Lipinski definition) is 2. The summed E-state index contributed by atoms with van der Waals surface area (Å²) >= 11 is 0. The molecule has 1 atom stereocenters. The van der Waals surface area contributed by atoms with Crippen molar-refractivity contribution in [3.05, 3.63) is 70.8 Å². The standard InChI is InChI=1S/C19H24N2/c1-15-8-9-17(12-16(15)2)13-21-11-10-20-19(14-21)18-6-4-3-5-7-18/h3-9,12,19-20H,10-11,13-14H2,1-2H3. The fourth-order valence-electron chi connectivity index (χ4n) is 3.02. The van der Waals surface area contributed by atoms with Crippen LogP contribution in [0.15, 0.2) is 48.5 Å². The highest BCUT2D eigenvalue weighted by molar-refractivity contribution is 5.30. The highest BCUT2D eigenvalue weighted by atomic mass is 15.2. The molecule has 1 fully saturated rings. The largest absolute Gasteiger partial charge is 0.308 e. The van der Waals surface area contributed by atoms with Crippen LogP contribution in [0.5, 0.6) is 0 Å². The Morgan fingerprint density at radius 2 is 1.86 bits per heavy atom. The number of hydrogen-bond donors (Lipinski definition) is 1. The van der Waals surface area contributed by atoms with Crippen LogP contribution in [0, 0.1) is 13.8 Å². The highest BCUT2D eigenvalue weighted by Gasteiger charge is 2.20. The second-order valence-electron chi connectivity index (χ2n) is 6.07. The van der Waals surface area contributed by atoms with Crippen LogP contribution in [0.2, 0.25) is 0 Å². The van der Waals surface area contributed by atoms with E-state index in [1.807, 2.05) is 0 Å². The van der Waals surface area contributed by atoms with Crippen LogP contribution >= 0.6 is 0 Å². The first-order chi connectivity index (χ1) is 10.2. The van der Waals surface area contributed by atoms with E-state index in [1.54, 1.807) is 0 Å². The van der Waals surface area contributed by atoms with Crippen molar-refractivity contribution >= 4 is 0 Å². The average molecular weight is 280 g/mol. The molecule has 21 heavy (non-hydrogen) atoms. The second-order valence-corrected chi connectivity index (χ2v) is 6.07. The molecular weight excluding hydrogens is 256 g/mol. The van der Waals surface area contributed by atoms with Crippen molar-refractivity contribution in [1.29, 1.82) is 0 Å². The Balaban J connectivity index is 1.67. The molecule has 0 spiro atoms. The lowest BCUT2D eigenvalue weighted by Gasteiger charge is -2.34. The summed E-state index contributed by atoms with van der Waals surface area (Å²) < 4.78 is 0. The molecule has 1 heterocycles. The number of aryl methyl sites for hydroxylation is 2. The third-order valence-electron chi connectivity index (χ3n) is 4.44. The maximum atomic E-state index is 3.63. The van der Waals surface area contributed by atoms with Crippen LogP contribution in [-0.2, 0) is 6.54 Å². The number of piperazine rings is 1. The monoisotopic (exact) mass is 280 g/mol. The highest BCUT2D eigenvalue weighted by Crippen LogP contribution is 2.19. The van der Waals surface area contributed by atoms with Gasteiger partial charge in [-0.2, -0.15) is 0 Å². The van der Waals surface area contributed by atoms with Crippen molar-refractivity contribution < 1.29 is 0 Å². The van der Waals surface area contributed by atoms with Crippen LogP contribution in [0.4, 0.5) is 0 Å². The lowest BCUT2D eigenvalue weighted by Crippen LogP contribution is -2.45. The molecule has 3 rings (SSSR count). The van der Waals surface area contributed by atoms with Crippen molar-refractivity contribution in [3.8, 4) is 0 Å². The predicted molar refractivity (Wildman–Crippen MR) is 88.4 cm³/mol. The van der Waals surface area contributed by atoms with Crippen molar-refractivity contribution in [1.82, 2.24) is 10.2 Å². The van der Waals surface area contributed by atoms with E-state index in [1.165, 1.54) is 22.3 Å². The van der Waals surface area contributed by atoms with Crippen LogP contribution < -0.4 is 5.32 Å². The molecule has 2 heteroatoms. The summed E-state index contributed by atoms with van der Waals surface area (Å²) in [5.74, 6) is 0. The lowest BCUT2D eigenvalue weighted by atomic mass is 10.0. The molecule has 0 bridgehead atoms. The minimum Gasteiger partial charge on any atom is -0.308 e. The van der Waals surface area contributed by atoms with E-state index < -0.39 is 0 Å². The molecule has 2 nitrogen and oxygen atoms in total. The van der Waals surface area contributed by atoms with Gasteiger partial charge in [0.25, 0.3) is 0 Å². The van der Waals surface area contributed by atoms with E-state index in [-0.39, 0.29) is 0 Å². The third-order valence-corrected chi connectivity index (χ3v) is 4.44. The summed E-state index contributed by atoms with van der Waals surface area (Å²) in [5, 5.41) is 3.63. The van der Waals surface area contributed by atoms with Gasteiger partial charge in [-0.25, -0.2) is 0 Å². The molecule has 1 aliphatic rings. The van der Waals surface area contributed by atoms with Gasteiger partial charge < -0.3 is 5.32 Å². The van der Waals surface area contributed by atoms with Crippen LogP contribution in [0.1, 0.15) is 28.3 Å². The van der Waals surface area contributed by atoms with Gasteiger partial charge in [-0.15, -0.1) is 0 Å². The number of benzene rings is 2. The number of rotatable bonds is 3. The smallest absolute Gasteiger partial charge is 0.0449 e. The second kappa shape index (κ2) is 6.42. The zero-order valence-electron chi connectivity index (χ0n) is 13.0. The Morgan fingerprint density at radius 3 is 2.62 bits per heavy atom. The summed E-state index contributed by atoms with van der Waals surface area (Å²) in [6, 6.07) is 18.1. The van der Waals surface area contributed by atoms with E-state index in [9.17, 15) is 0 Å². The van der Waals surface area contributed by atoms with E-state index in [0.717, 1.165) is 26.2 Å². The summed E-state index contributed by atoms with van der Waals surface area (Å²) in [4.78, 5) is 2.55. The first-order valence-corrected chi connectivity index (χ1v) is 7.79. The van der Waals surface area contributed by atoms with Gasteiger partial charge in [-0.1, -0.05) is 48.5 Å². The van der Waals surface area contributed by atoms with Gasteiger partial charge in [0.15, 0.2) is 0 Å². The fourth-order valence-corrected chi connectivity index (χ4v) is 3.02. The first kappa shape index (κ1) is 14.3. The Labute approximate surface area is 127 Å². The quantitative estimate of drug-likeness (QED) is 0.926. The topological polar surface area (TPSA) is 15.3 Å². The normalized spacial score (nSPS) is 19.6. The third kappa shape index (κ3) is 3.52. The Bertz CT molecular complexity index is 592. The zero-order valence-corrected chi connectivity index (χ0v) is 13.0. The molecule has 0 amide bonds. The van der Waals surface area contributed by atoms with Crippen molar-refractivity contribution in [2.75, 3.05) is 19.6 Å². The average Bonchev–Trinajstić information content (AvgIpc) is 2.52. The molecule has 110 valence electrons. The maximum Gasteiger partial charge on any atom is 0.0449 e. The Hall–Kier alpha value is -1.64. The minimum atomic E-state index is 0.450. The SMILES string of the molecule is Cc1ccc(CN2CCNC(c3ccccc3)C2)cc1C. The fraction of sp³-hybridized carbons (Fsp3) is 0.368. The van der Waals surface area contributed by atoms with Gasteiger partial charge in [0.2, 0.25) is 0 Å². The molecule has 1 unspecified atom stereocenters. The number of nitrogens with zero attached hydrogens (tertiary/aromatic N) is 1. The van der Waals surface area contributed by atoms with E-state index in [0.29, 0.717) is 6.04 Å². The number of nitrogens with one attached hydrogen (secondary N) is 1.